The van der Waals surface area contributed by atoms with E-state index in [0.29, 0.717) is 0 Å². The lowest BCUT2D eigenvalue weighted by Gasteiger charge is -2.15. The van der Waals surface area contributed by atoms with Crippen molar-refractivity contribution in [3.8, 4) is 0 Å². The number of nitrogens with zero attached hydrogens (tertiary/aromatic N) is 4. The summed E-state index contributed by atoms with van der Waals surface area (Å²) in [5.74, 6) is 1.64. The average molecular weight is 372 g/mol. The van der Waals surface area contributed by atoms with Gasteiger partial charge in [-0.2, -0.15) is 5.10 Å². The molecule has 0 saturated carbocycles. The molecule has 2 heterocycles. The number of amides is 1. The zero-order chi connectivity index (χ0) is 16.8. The average Bonchev–Trinajstić information content (AvgIpc) is 3.16. The van der Waals surface area contributed by atoms with Crippen LogP contribution in [0.2, 0.25) is 0 Å². The molecule has 2 aromatic heterocycles. The van der Waals surface area contributed by atoms with Crippen LogP contribution < -0.4 is 5.32 Å². The van der Waals surface area contributed by atoms with Crippen molar-refractivity contribution in [2.45, 2.75) is 54.1 Å². The van der Waals surface area contributed by atoms with Gasteiger partial charge in [-0.1, -0.05) is 48.7 Å². The molecule has 0 saturated heterocycles. The largest absolute Gasteiger partial charge is 0.310 e. The number of nitrogens with one attached hydrogen (secondary N) is 1. The van der Waals surface area contributed by atoms with Crippen LogP contribution in [0.15, 0.2) is 20.9 Å². The van der Waals surface area contributed by atoms with Crippen molar-refractivity contribution < 1.29 is 4.79 Å². The second kappa shape index (κ2) is 8.70. The highest BCUT2D eigenvalue weighted by Crippen LogP contribution is 2.31. The first-order chi connectivity index (χ1) is 11.0. The first kappa shape index (κ1) is 18.3. The summed E-state index contributed by atoms with van der Waals surface area (Å²) < 4.78 is 3.60. The van der Waals surface area contributed by atoms with Crippen molar-refractivity contribution in [2.75, 3.05) is 11.1 Å². The zero-order valence-electron chi connectivity index (χ0n) is 13.6. The second-order valence-electron chi connectivity index (χ2n) is 4.93. The van der Waals surface area contributed by atoms with Crippen LogP contribution in [0, 0.1) is 0 Å². The Morgan fingerprint density at radius 2 is 2.09 bits per heavy atom. The number of carbonyl (C=O) groups is 1. The minimum atomic E-state index is -0.247. The van der Waals surface area contributed by atoms with Crippen LogP contribution in [0.3, 0.4) is 0 Å². The normalized spacial score (nSPS) is 13.7. The van der Waals surface area contributed by atoms with Crippen molar-refractivity contribution >= 4 is 46.6 Å². The van der Waals surface area contributed by atoms with Crippen molar-refractivity contribution in [1.82, 2.24) is 20.0 Å². The highest BCUT2D eigenvalue weighted by molar-refractivity contribution is 8.03. The van der Waals surface area contributed by atoms with Crippen molar-refractivity contribution in [2.24, 2.45) is 0 Å². The minimum Gasteiger partial charge on any atom is -0.310 e. The molecule has 0 aliphatic rings. The van der Waals surface area contributed by atoms with E-state index in [1.807, 2.05) is 17.7 Å². The van der Waals surface area contributed by atoms with Gasteiger partial charge >= 0.3 is 0 Å². The third-order valence-corrected chi connectivity index (χ3v) is 6.36. The van der Waals surface area contributed by atoms with Crippen LogP contribution in [0.1, 0.15) is 40.2 Å². The van der Waals surface area contributed by atoms with E-state index in [9.17, 15) is 4.79 Å². The fourth-order valence-corrected chi connectivity index (χ4v) is 4.86. The molecule has 0 bridgehead atoms. The monoisotopic (exact) mass is 371 g/mol. The van der Waals surface area contributed by atoms with Crippen LogP contribution in [-0.2, 0) is 4.79 Å². The molecule has 2 aromatic rings. The molecule has 2 atom stereocenters. The molecule has 0 spiro atoms. The molecule has 0 aliphatic carbocycles. The Bertz CT molecular complexity index is 642. The second-order valence-corrected chi connectivity index (χ2v) is 9.01. The molecule has 23 heavy (non-hydrogen) atoms. The maximum absolute atomic E-state index is 12.4. The lowest BCUT2D eigenvalue weighted by molar-refractivity contribution is -0.115. The van der Waals surface area contributed by atoms with Gasteiger partial charge in [0, 0.05) is 6.07 Å². The van der Waals surface area contributed by atoms with Gasteiger partial charge in [0.15, 0.2) is 8.68 Å². The van der Waals surface area contributed by atoms with Crippen LogP contribution in [0.4, 0.5) is 5.82 Å². The van der Waals surface area contributed by atoms with Gasteiger partial charge in [-0.25, -0.2) is 4.68 Å². The summed E-state index contributed by atoms with van der Waals surface area (Å²) in [5.41, 5.74) is 0. The summed E-state index contributed by atoms with van der Waals surface area (Å²) in [7, 11) is 0. The Balaban J connectivity index is 1.96. The molecular formula is C14H21N5OS3. The third-order valence-electron chi connectivity index (χ3n) is 3.23. The van der Waals surface area contributed by atoms with Gasteiger partial charge in [0.05, 0.1) is 17.5 Å². The quantitative estimate of drug-likeness (QED) is 0.709. The SMILES string of the molecule is CCSc1nnc(S[C@@H](C)C(=O)Nc2ccnn2[C@@H](C)CC)s1. The van der Waals surface area contributed by atoms with E-state index in [4.69, 9.17) is 0 Å². The van der Waals surface area contributed by atoms with Crippen LogP contribution in [0.5, 0.6) is 0 Å². The summed E-state index contributed by atoms with van der Waals surface area (Å²) in [6, 6.07) is 2.07. The Morgan fingerprint density at radius 3 is 2.78 bits per heavy atom. The Kier molecular flexibility index (Phi) is 6.91. The predicted octanol–water partition coefficient (Wildman–Crippen LogP) is 3.94. The van der Waals surface area contributed by atoms with E-state index in [1.165, 1.54) is 23.1 Å². The van der Waals surface area contributed by atoms with Gasteiger partial charge < -0.3 is 5.32 Å². The van der Waals surface area contributed by atoms with Gasteiger partial charge in [0.25, 0.3) is 0 Å². The van der Waals surface area contributed by atoms with Crippen molar-refractivity contribution in [3.63, 3.8) is 0 Å². The lowest BCUT2D eigenvalue weighted by atomic mass is 10.3. The van der Waals surface area contributed by atoms with E-state index < -0.39 is 0 Å². The molecule has 1 amide bonds. The molecular weight excluding hydrogens is 350 g/mol. The van der Waals surface area contributed by atoms with Gasteiger partial charge in [-0.3, -0.25) is 4.79 Å². The zero-order valence-corrected chi connectivity index (χ0v) is 16.1. The molecule has 2 rings (SSSR count). The number of hydrogen-bond acceptors (Lipinski definition) is 7. The Morgan fingerprint density at radius 1 is 1.35 bits per heavy atom. The molecule has 0 aromatic carbocycles. The van der Waals surface area contributed by atoms with Gasteiger partial charge in [-0.15, -0.1) is 10.2 Å². The number of rotatable bonds is 8. The van der Waals surface area contributed by atoms with Gasteiger partial charge in [0.1, 0.15) is 5.82 Å². The van der Waals surface area contributed by atoms with Gasteiger partial charge in [0.2, 0.25) is 5.91 Å². The van der Waals surface area contributed by atoms with Crippen LogP contribution in [-0.4, -0.2) is 36.9 Å². The fourth-order valence-electron chi connectivity index (χ4n) is 1.80. The summed E-state index contributed by atoms with van der Waals surface area (Å²) in [5, 5.41) is 15.2. The summed E-state index contributed by atoms with van der Waals surface area (Å²) in [4.78, 5) is 12.4. The first-order valence-corrected chi connectivity index (χ1v) is 10.2. The van der Waals surface area contributed by atoms with Crippen molar-refractivity contribution in [3.05, 3.63) is 12.3 Å². The highest BCUT2D eigenvalue weighted by atomic mass is 32.2. The number of anilines is 1. The van der Waals surface area contributed by atoms with E-state index >= 15 is 0 Å². The Hall–Kier alpha value is -1.06. The molecule has 0 aliphatic heterocycles. The van der Waals surface area contributed by atoms with E-state index in [0.717, 1.165) is 26.7 Å². The lowest BCUT2D eigenvalue weighted by Crippen LogP contribution is -2.24. The molecule has 126 valence electrons. The molecule has 9 heteroatoms. The van der Waals surface area contributed by atoms with E-state index in [-0.39, 0.29) is 17.2 Å². The topological polar surface area (TPSA) is 72.7 Å². The van der Waals surface area contributed by atoms with Crippen molar-refractivity contribution in [1.29, 1.82) is 0 Å². The fraction of sp³-hybridized carbons (Fsp3) is 0.571. The van der Waals surface area contributed by atoms with Gasteiger partial charge in [-0.05, 0) is 26.0 Å². The number of hydrogen-bond donors (Lipinski definition) is 1. The predicted molar refractivity (Wildman–Crippen MR) is 97.5 cm³/mol. The number of carbonyl (C=O) groups excluding carboxylic acids is 1. The molecule has 6 nitrogen and oxygen atoms in total. The Labute approximate surface area is 148 Å². The summed E-state index contributed by atoms with van der Waals surface area (Å²) in [6.07, 6.45) is 2.66. The van der Waals surface area contributed by atoms with E-state index in [2.05, 4.69) is 41.4 Å². The van der Waals surface area contributed by atoms with E-state index in [1.54, 1.807) is 18.0 Å². The standard InChI is InChI=1S/C14H21N5OS3/c1-5-9(3)19-11(7-8-15-19)16-12(20)10(4)22-14-18-17-13(23-14)21-6-2/h7-10H,5-6H2,1-4H3,(H,16,20)/t9-,10-/m0/s1. The first-order valence-electron chi connectivity index (χ1n) is 7.52. The van der Waals surface area contributed by atoms with Crippen LogP contribution >= 0.6 is 34.9 Å². The maximum Gasteiger partial charge on any atom is 0.238 e. The smallest absolute Gasteiger partial charge is 0.238 e. The molecule has 0 fully saturated rings. The minimum absolute atomic E-state index is 0.0556. The molecule has 0 radical (unpaired) electrons. The molecule has 1 N–H and O–H groups in total. The number of thioether (sulfide) groups is 2. The molecule has 0 unspecified atom stereocenters. The third kappa shape index (κ3) is 4.95. The summed E-state index contributed by atoms with van der Waals surface area (Å²) in [6.45, 7) is 8.13. The maximum atomic E-state index is 12.4. The van der Waals surface area contributed by atoms with Crippen LogP contribution in [0.25, 0.3) is 0 Å². The summed E-state index contributed by atoms with van der Waals surface area (Å²) >= 11 is 4.62. The number of aromatic nitrogens is 4. The highest BCUT2D eigenvalue weighted by Gasteiger charge is 2.19.